The Morgan fingerprint density at radius 1 is 0.214 bits per heavy atom. The summed E-state index contributed by atoms with van der Waals surface area (Å²) >= 11 is 0. The molecule has 0 spiro atoms. The molecule has 0 saturated carbocycles. The van der Waals surface area contributed by atoms with Crippen LogP contribution < -0.4 is 9.80 Å². The number of anilines is 6. The molecule has 2 aliphatic carbocycles. The van der Waals surface area contributed by atoms with Gasteiger partial charge in [-0.05, 0) is 122 Å². The Hall–Kier alpha value is -8.98. The van der Waals surface area contributed by atoms with Crippen LogP contribution in [0.25, 0.3) is 22.3 Å². The summed E-state index contributed by atoms with van der Waals surface area (Å²) in [5.41, 5.74) is 20.1. The van der Waals surface area contributed by atoms with Gasteiger partial charge >= 0.3 is 0 Å². The lowest BCUT2D eigenvalue weighted by molar-refractivity contribution is 0.740. The quantitative estimate of drug-likeness (QED) is 0.135. The van der Waals surface area contributed by atoms with Crippen molar-refractivity contribution in [2.45, 2.75) is 10.8 Å². The van der Waals surface area contributed by atoms with Crippen molar-refractivity contribution in [3.63, 3.8) is 0 Å². The summed E-state index contributed by atoms with van der Waals surface area (Å²) in [7, 11) is 0. The van der Waals surface area contributed by atoms with Crippen LogP contribution in [0.15, 0.2) is 291 Å². The summed E-state index contributed by atoms with van der Waals surface area (Å²) in [6.07, 6.45) is 0. The highest BCUT2D eigenvalue weighted by molar-refractivity contribution is 6.00. The molecular formula is C68H48N2. The maximum Gasteiger partial charge on any atom is 0.0715 e. The summed E-state index contributed by atoms with van der Waals surface area (Å²) in [6, 6.07) is 108. The van der Waals surface area contributed by atoms with E-state index < -0.39 is 10.8 Å². The molecule has 13 rings (SSSR count). The normalized spacial score (nSPS) is 14.7. The van der Waals surface area contributed by atoms with Crippen molar-refractivity contribution >= 4 is 34.1 Å². The largest absolute Gasteiger partial charge is 0.310 e. The SMILES string of the molecule is c1ccc(N(c2ccccc2)c2cc(N(c3ccccc3)c3ccccc3)c3c(c2)C(c2ccccc2)(c2cccc(C4(c5ccccc5)c5ccccc5-c5ccccc54)c2)c2ccccc2-3)cc1. The Labute approximate surface area is 410 Å². The van der Waals surface area contributed by atoms with Crippen molar-refractivity contribution in [2.75, 3.05) is 9.80 Å². The molecule has 70 heavy (non-hydrogen) atoms. The molecule has 2 aliphatic rings. The molecule has 0 radical (unpaired) electrons. The lowest BCUT2D eigenvalue weighted by atomic mass is 9.64. The van der Waals surface area contributed by atoms with Crippen LogP contribution in [-0.2, 0) is 10.8 Å². The van der Waals surface area contributed by atoms with Crippen molar-refractivity contribution in [2.24, 2.45) is 0 Å². The summed E-state index contributed by atoms with van der Waals surface area (Å²) in [5, 5.41) is 0. The van der Waals surface area contributed by atoms with Crippen LogP contribution in [-0.4, -0.2) is 0 Å². The van der Waals surface area contributed by atoms with Crippen LogP contribution in [0.1, 0.15) is 44.5 Å². The fourth-order valence-corrected chi connectivity index (χ4v) is 12.0. The highest BCUT2D eigenvalue weighted by Crippen LogP contribution is 2.62. The monoisotopic (exact) mass is 892 g/mol. The molecule has 1 unspecified atom stereocenters. The first-order valence-electron chi connectivity index (χ1n) is 24.3. The van der Waals surface area contributed by atoms with E-state index in [1.165, 1.54) is 66.8 Å². The maximum atomic E-state index is 2.55. The van der Waals surface area contributed by atoms with Crippen LogP contribution in [0, 0.1) is 0 Å². The molecule has 0 saturated heterocycles. The molecular weight excluding hydrogens is 845 g/mol. The fraction of sp³-hybridized carbons (Fsp3) is 0.0294. The molecule has 11 aromatic carbocycles. The van der Waals surface area contributed by atoms with Crippen LogP contribution >= 0.6 is 0 Å². The first-order valence-corrected chi connectivity index (χ1v) is 24.3. The minimum Gasteiger partial charge on any atom is -0.310 e. The van der Waals surface area contributed by atoms with Gasteiger partial charge in [0.25, 0.3) is 0 Å². The lowest BCUT2D eigenvalue weighted by Crippen LogP contribution is -2.32. The molecule has 0 fully saturated rings. The minimum atomic E-state index is -0.762. The van der Waals surface area contributed by atoms with Crippen molar-refractivity contribution in [3.8, 4) is 22.3 Å². The molecule has 1 atom stereocenters. The Kier molecular flexibility index (Phi) is 9.99. The Balaban J connectivity index is 1.18. The molecule has 0 aliphatic heterocycles. The average Bonchev–Trinajstić information content (AvgIpc) is 3.92. The van der Waals surface area contributed by atoms with Gasteiger partial charge in [0.1, 0.15) is 0 Å². The minimum absolute atomic E-state index is 0.578. The molecule has 0 heterocycles. The number of nitrogens with zero attached hydrogens (tertiary/aromatic N) is 2. The van der Waals surface area contributed by atoms with Crippen molar-refractivity contribution in [1.29, 1.82) is 0 Å². The standard InChI is InChI=1S/C68H48N2/c1-7-26-49(27-8-1)67(61-43-22-19-40-58(61)59-41-20-23-44-62(59)67)51-30-25-31-52(46-51)68(50-28-9-2-10-29-50)63-45-24-21-42-60(63)66-64(68)47-57(69(53-32-11-3-12-33-53)54-34-13-4-14-35-54)48-65(66)70(55-36-15-5-16-37-55)56-38-17-6-18-39-56/h1-48H. The third-order valence-electron chi connectivity index (χ3n) is 14.8. The van der Waals surface area contributed by atoms with Gasteiger partial charge in [0, 0.05) is 34.0 Å². The van der Waals surface area contributed by atoms with Gasteiger partial charge in [-0.2, -0.15) is 0 Å². The van der Waals surface area contributed by atoms with E-state index in [1.54, 1.807) is 0 Å². The molecule has 0 N–H and O–H groups in total. The van der Waals surface area contributed by atoms with Crippen LogP contribution in [0.5, 0.6) is 0 Å². The van der Waals surface area contributed by atoms with Gasteiger partial charge in [-0.25, -0.2) is 0 Å². The van der Waals surface area contributed by atoms with E-state index in [9.17, 15) is 0 Å². The summed E-state index contributed by atoms with van der Waals surface area (Å²) < 4.78 is 0. The van der Waals surface area contributed by atoms with Gasteiger partial charge in [0.05, 0.1) is 16.5 Å². The van der Waals surface area contributed by atoms with Crippen molar-refractivity contribution in [1.82, 2.24) is 0 Å². The van der Waals surface area contributed by atoms with E-state index in [4.69, 9.17) is 0 Å². The zero-order valence-corrected chi connectivity index (χ0v) is 38.6. The smallest absolute Gasteiger partial charge is 0.0715 e. The second-order valence-electron chi connectivity index (χ2n) is 18.4. The zero-order chi connectivity index (χ0) is 46.5. The van der Waals surface area contributed by atoms with Gasteiger partial charge in [-0.15, -0.1) is 0 Å². The zero-order valence-electron chi connectivity index (χ0n) is 38.6. The first kappa shape index (κ1) is 41.2. The lowest BCUT2D eigenvalue weighted by Gasteiger charge is -2.38. The van der Waals surface area contributed by atoms with Gasteiger partial charge in [-0.1, -0.05) is 231 Å². The number of hydrogen-bond acceptors (Lipinski definition) is 2. The summed E-state index contributed by atoms with van der Waals surface area (Å²) in [6.45, 7) is 0. The van der Waals surface area contributed by atoms with E-state index in [0.717, 1.165) is 34.1 Å². The second kappa shape index (κ2) is 17.0. The summed E-state index contributed by atoms with van der Waals surface area (Å²) in [4.78, 5) is 4.88. The van der Waals surface area contributed by atoms with Crippen LogP contribution in [0.3, 0.4) is 0 Å². The highest BCUT2D eigenvalue weighted by Gasteiger charge is 2.50. The molecule has 11 aromatic rings. The Morgan fingerprint density at radius 2 is 0.543 bits per heavy atom. The van der Waals surface area contributed by atoms with Gasteiger partial charge in [0.15, 0.2) is 0 Å². The third kappa shape index (κ3) is 6.27. The molecule has 2 nitrogen and oxygen atoms in total. The molecule has 0 bridgehead atoms. The van der Waals surface area contributed by atoms with Gasteiger partial charge < -0.3 is 9.80 Å². The van der Waals surface area contributed by atoms with Crippen molar-refractivity contribution < 1.29 is 0 Å². The number of para-hydroxylation sites is 4. The Bertz CT molecular complexity index is 3520. The fourth-order valence-electron chi connectivity index (χ4n) is 12.0. The van der Waals surface area contributed by atoms with E-state index >= 15 is 0 Å². The van der Waals surface area contributed by atoms with E-state index in [0.29, 0.717) is 0 Å². The average molecular weight is 893 g/mol. The Morgan fingerprint density at radius 3 is 0.986 bits per heavy atom. The van der Waals surface area contributed by atoms with E-state index in [1.807, 2.05) is 0 Å². The topological polar surface area (TPSA) is 6.48 Å². The summed E-state index contributed by atoms with van der Waals surface area (Å²) in [5.74, 6) is 0. The van der Waals surface area contributed by atoms with Gasteiger partial charge in [0.2, 0.25) is 0 Å². The number of hydrogen-bond donors (Lipinski definition) is 0. The van der Waals surface area contributed by atoms with E-state index in [-0.39, 0.29) is 0 Å². The predicted octanol–water partition coefficient (Wildman–Crippen LogP) is 17.4. The predicted molar refractivity (Wildman–Crippen MR) is 290 cm³/mol. The maximum absolute atomic E-state index is 2.55. The first-order chi connectivity index (χ1) is 34.8. The van der Waals surface area contributed by atoms with E-state index in [2.05, 4.69) is 301 Å². The van der Waals surface area contributed by atoms with Crippen LogP contribution in [0.2, 0.25) is 0 Å². The molecule has 0 aromatic heterocycles. The second-order valence-corrected chi connectivity index (χ2v) is 18.4. The molecule has 330 valence electrons. The third-order valence-corrected chi connectivity index (χ3v) is 14.8. The van der Waals surface area contributed by atoms with Crippen molar-refractivity contribution in [3.05, 3.63) is 336 Å². The molecule has 0 amide bonds. The number of fused-ring (bicyclic) bond motifs is 6. The highest BCUT2D eigenvalue weighted by atomic mass is 15.2. The molecule has 2 heteroatoms. The van der Waals surface area contributed by atoms with Gasteiger partial charge in [-0.3, -0.25) is 0 Å². The number of benzene rings is 11. The van der Waals surface area contributed by atoms with Crippen LogP contribution in [0.4, 0.5) is 34.1 Å². The number of rotatable bonds is 10.